The Bertz CT molecular complexity index is 142. The van der Waals surface area contributed by atoms with E-state index in [1.54, 1.807) is 6.92 Å². The van der Waals surface area contributed by atoms with Gasteiger partial charge in [0.15, 0.2) is 0 Å². The molecule has 0 radical (unpaired) electrons. The summed E-state index contributed by atoms with van der Waals surface area (Å²) in [4.78, 5) is 10.5. The van der Waals surface area contributed by atoms with Crippen LogP contribution in [-0.2, 0) is 4.79 Å². The Hall–Kier alpha value is -0.180. The molecular weight excluding hydrogens is 174 g/mol. The van der Waals surface area contributed by atoms with Gasteiger partial charge in [0, 0.05) is 12.3 Å². The van der Waals surface area contributed by atoms with Crippen LogP contribution in [0.1, 0.15) is 26.7 Å². The quantitative estimate of drug-likeness (QED) is 0.614. The lowest BCUT2D eigenvalue weighted by atomic mass is 10.0. The molecule has 66 valence electrons. The summed E-state index contributed by atoms with van der Waals surface area (Å²) in [6, 6.07) is 0. The molecule has 0 aliphatic carbocycles. The molecule has 0 amide bonds. The van der Waals surface area contributed by atoms with Crippen LogP contribution in [0.15, 0.2) is 0 Å². The molecule has 0 N–H and O–H groups in total. The van der Waals surface area contributed by atoms with Crippen molar-refractivity contribution >= 4 is 16.8 Å². The van der Waals surface area contributed by atoms with E-state index in [0.29, 0.717) is 6.42 Å². The predicted molar refractivity (Wildman–Crippen MR) is 39.9 cm³/mol. The second kappa shape index (κ2) is 4.00. The Kier molecular flexibility index (Phi) is 3.93. The second-order valence-electron chi connectivity index (χ2n) is 2.68. The molecule has 0 saturated heterocycles. The third-order valence-corrected chi connectivity index (χ3v) is 1.73. The molecule has 0 aromatic heterocycles. The van der Waals surface area contributed by atoms with Gasteiger partial charge in [0.25, 0.3) is 0 Å². The molecule has 0 spiro atoms. The van der Waals surface area contributed by atoms with Gasteiger partial charge < -0.3 is 0 Å². The van der Waals surface area contributed by atoms with E-state index in [2.05, 4.69) is 0 Å². The van der Waals surface area contributed by atoms with E-state index in [0.717, 1.165) is 6.92 Å². The molecule has 0 aliphatic rings. The fourth-order valence-corrected chi connectivity index (χ4v) is 1.05. The van der Waals surface area contributed by atoms with Crippen molar-refractivity contribution in [2.75, 3.05) is 0 Å². The molecule has 0 fully saturated rings. The van der Waals surface area contributed by atoms with Crippen molar-refractivity contribution in [2.24, 2.45) is 5.92 Å². The Morgan fingerprint density at radius 1 is 1.64 bits per heavy atom. The Labute approximate surface area is 69.7 Å². The summed E-state index contributed by atoms with van der Waals surface area (Å²) >= 11 is 5.08. The standard InChI is InChI=1S/C7H11ClF2O/c1-3-5(6(8)11)4-7(2,9)10/h5H,3-4H2,1-2H3. The average Bonchev–Trinajstić information content (AvgIpc) is 1.80. The zero-order chi connectivity index (χ0) is 9.07. The van der Waals surface area contributed by atoms with Gasteiger partial charge >= 0.3 is 0 Å². The van der Waals surface area contributed by atoms with Gasteiger partial charge in [-0.15, -0.1) is 0 Å². The van der Waals surface area contributed by atoms with Crippen molar-refractivity contribution in [3.05, 3.63) is 0 Å². The van der Waals surface area contributed by atoms with E-state index in [4.69, 9.17) is 11.6 Å². The Balaban J connectivity index is 3.99. The predicted octanol–water partition coefficient (Wildman–Crippen LogP) is 2.82. The summed E-state index contributed by atoms with van der Waals surface area (Å²) in [7, 11) is 0. The minimum atomic E-state index is -2.80. The molecule has 0 bridgehead atoms. The maximum Gasteiger partial charge on any atom is 0.246 e. The normalized spacial score (nSPS) is 14.6. The van der Waals surface area contributed by atoms with Gasteiger partial charge in [-0.3, -0.25) is 4.79 Å². The van der Waals surface area contributed by atoms with Crippen LogP contribution in [0, 0.1) is 5.92 Å². The van der Waals surface area contributed by atoms with Crippen LogP contribution >= 0.6 is 11.6 Å². The molecule has 11 heavy (non-hydrogen) atoms. The van der Waals surface area contributed by atoms with Gasteiger partial charge in [-0.05, 0) is 24.9 Å². The number of halogens is 3. The van der Waals surface area contributed by atoms with Gasteiger partial charge in [-0.1, -0.05) is 6.92 Å². The van der Waals surface area contributed by atoms with Crippen molar-refractivity contribution in [2.45, 2.75) is 32.6 Å². The highest BCUT2D eigenvalue weighted by molar-refractivity contribution is 6.63. The molecule has 1 atom stereocenters. The van der Waals surface area contributed by atoms with Crippen molar-refractivity contribution in [3.8, 4) is 0 Å². The van der Waals surface area contributed by atoms with E-state index in [1.807, 2.05) is 0 Å². The third kappa shape index (κ3) is 5.13. The summed E-state index contributed by atoms with van der Waals surface area (Å²) in [5, 5.41) is -0.672. The van der Waals surface area contributed by atoms with Crippen molar-refractivity contribution in [1.29, 1.82) is 0 Å². The summed E-state index contributed by atoms with van der Waals surface area (Å²) in [6.07, 6.45) is -0.0857. The maximum absolute atomic E-state index is 12.3. The highest BCUT2D eigenvalue weighted by Gasteiger charge is 2.28. The van der Waals surface area contributed by atoms with Gasteiger partial charge in [0.1, 0.15) is 0 Å². The SMILES string of the molecule is CCC(CC(C)(F)F)C(=O)Cl. The van der Waals surface area contributed by atoms with E-state index in [1.165, 1.54) is 0 Å². The fourth-order valence-electron chi connectivity index (χ4n) is 0.818. The van der Waals surface area contributed by atoms with E-state index < -0.39 is 23.5 Å². The van der Waals surface area contributed by atoms with E-state index in [-0.39, 0.29) is 0 Å². The largest absolute Gasteiger partial charge is 0.281 e. The molecule has 0 aromatic carbocycles. The molecule has 0 heterocycles. The van der Waals surface area contributed by atoms with Crippen LogP contribution in [0.3, 0.4) is 0 Å². The van der Waals surface area contributed by atoms with E-state index >= 15 is 0 Å². The van der Waals surface area contributed by atoms with E-state index in [9.17, 15) is 13.6 Å². The highest BCUT2D eigenvalue weighted by Crippen LogP contribution is 2.25. The first-order valence-corrected chi connectivity index (χ1v) is 3.81. The van der Waals surface area contributed by atoms with Crippen LogP contribution in [0.5, 0.6) is 0 Å². The highest BCUT2D eigenvalue weighted by atomic mass is 35.5. The molecule has 0 rings (SSSR count). The zero-order valence-electron chi connectivity index (χ0n) is 6.53. The van der Waals surface area contributed by atoms with Crippen LogP contribution in [0.4, 0.5) is 8.78 Å². The number of hydrogen-bond acceptors (Lipinski definition) is 1. The summed E-state index contributed by atoms with van der Waals surface area (Å²) in [5.74, 6) is -3.51. The molecular formula is C7H11ClF2O. The first kappa shape index (κ1) is 10.8. The summed E-state index contributed by atoms with van der Waals surface area (Å²) in [5.41, 5.74) is 0. The van der Waals surface area contributed by atoms with Gasteiger partial charge in [-0.2, -0.15) is 0 Å². The molecule has 0 aliphatic heterocycles. The first-order valence-electron chi connectivity index (χ1n) is 3.44. The smallest absolute Gasteiger partial charge is 0.246 e. The van der Waals surface area contributed by atoms with Crippen LogP contribution < -0.4 is 0 Å². The Morgan fingerprint density at radius 2 is 2.09 bits per heavy atom. The molecule has 0 saturated carbocycles. The zero-order valence-corrected chi connectivity index (χ0v) is 7.29. The lowest BCUT2D eigenvalue weighted by molar-refractivity contribution is -0.118. The lowest BCUT2D eigenvalue weighted by Gasteiger charge is -2.14. The fraction of sp³-hybridized carbons (Fsp3) is 0.857. The number of rotatable bonds is 4. The van der Waals surface area contributed by atoms with Crippen molar-refractivity contribution in [3.63, 3.8) is 0 Å². The van der Waals surface area contributed by atoms with Gasteiger partial charge in [0.05, 0.1) is 0 Å². The molecule has 1 nitrogen and oxygen atoms in total. The number of hydrogen-bond donors (Lipinski definition) is 0. The summed E-state index contributed by atoms with van der Waals surface area (Å²) < 4.78 is 24.6. The minimum absolute atomic E-state index is 0.367. The number of carbonyl (C=O) groups is 1. The molecule has 4 heteroatoms. The molecule has 1 unspecified atom stereocenters. The maximum atomic E-state index is 12.3. The van der Waals surface area contributed by atoms with Crippen LogP contribution in [0.2, 0.25) is 0 Å². The van der Waals surface area contributed by atoms with Gasteiger partial charge in [-0.25, -0.2) is 8.78 Å². The Morgan fingerprint density at radius 3 is 2.18 bits per heavy atom. The lowest BCUT2D eigenvalue weighted by Crippen LogP contribution is -2.19. The van der Waals surface area contributed by atoms with Crippen LogP contribution in [-0.4, -0.2) is 11.2 Å². The van der Waals surface area contributed by atoms with Gasteiger partial charge in [0.2, 0.25) is 11.2 Å². The third-order valence-electron chi connectivity index (χ3n) is 1.42. The summed E-state index contributed by atoms with van der Waals surface area (Å²) in [6.45, 7) is 2.45. The monoisotopic (exact) mass is 184 g/mol. The molecule has 0 aromatic rings. The number of carbonyl (C=O) groups excluding carboxylic acids is 1. The second-order valence-corrected chi connectivity index (χ2v) is 3.06. The van der Waals surface area contributed by atoms with Crippen LogP contribution in [0.25, 0.3) is 0 Å². The average molecular weight is 185 g/mol. The topological polar surface area (TPSA) is 17.1 Å². The van der Waals surface area contributed by atoms with Crippen molar-refractivity contribution < 1.29 is 13.6 Å². The minimum Gasteiger partial charge on any atom is -0.281 e. The first-order chi connectivity index (χ1) is 4.87. The number of alkyl halides is 2. The van der Waals surface area contributed by atoms with Crippen molar-refractivity contribution in [1.82, 2.24) is 0 Å².